The number of methoxy groups -OCH3 is 1. The predicted octanol–water partition coefficient (Wildman–Crippen LogP) is 1.53. The van der Waals surface area contributed by atoms with Crippen LogP contribution in [0.1, 0.15) is 27.9 Å². The van der Waals surface area contributed by atoms with Crippen LogP contribution < -0.4 is 10.1 Å². The van der Waals surface area contributed by atoms with Gasteiger partial charge in [-0.3, -0.25) is 4.79 Å². The minimum Gasteiger partial charge on any atom is -0.481 e. The highest BCUT2D eigenvalue weighted by atomic mass is 16.5. The average molecular weight is 295 g/mol. The summed E-state index contributed by atoms with van der Waals surface area (Å²) in [4.78, 5) is 22.5. The van der Waals surface area contributed by atoms with Gasteiger partial charge in [-0.05, 0) is 43.5 Å². The number of carboxylic acid groups (broad SMARTS) is 1. The third-order valence-electron chi connectivity index (χ3n) is 2.87. The Morgan fingerprint density at radius 2 is 1.86 bits per heavy atom. The monoisotopic (exact) mass is 295 g/mol. The van der Waals surface area contributed by atoms with E-state index in [0.29, 0.717) is 24.5 Å². The molecular weight excluding hydrogens is 274 g/mol. The molecule has 116 valence electrons. The first-order valence-electron chi connectivity index (χ1n) is 6.68. The number of amides is 1. The summed E-state index contributed by atoms with van der Waals surface area (Å²) in [7, 11) is 1.62. The van der Waals surface area contributed by atoms with E-state index in [1.807, 2.05) is 0 Å². The average Bonchev–Trinajstić information content (AvgIpc) is 2.42. The number of carbonyl (C=O) groups excluding carboxylic acids is 1. The van der Waals surface area contributed by atoms with Gasteiger partial charge in [0.15, 0.2) is 6.61 Å². The van der Waals surface area contributed by atoms with Crippen LogP contribution in [0, 0.1) is 13.8 Å². The normalized spacial score (nSPS) is 10.2. The molecule has 6 heteroatoms. The Morgan fingerprint density at radius 1 is 1.24 bits per heavy atom. The summed E-state index contributed by atoms with van der Waals surface area (Å²) >= 11 is 0. The number of benzene rings is 1. The maximum absolute atomic E-state index is 12.0. The molecule has 0 atom stereocenters. The van der Waals surface area contributed by atoms with Crippen LogP contribution in [0.2, 0.25) is 0 Å². The van der Waals surface area contributed by atoms with Crippen molar-refractivity contribution in [1.82, 2.24) is 5.32 Å². The number of nitrogens with one attached hydrogen (secondary N) is 1. The van der Waals surface area contributed by atoms with Gasteiger partial charge in [-0.2, -0.15) is 0 Å². The largest absolute Gasteiger partial charge is 0.481 e. The quantitative estimate of drug-likeness (QED) is 0.710. The number of hydrogen-bond donors (Lipinski definition) is 2. The number of carboxylic acids is 1. The minimum absolute atomic E-state index is 0.165. The molecule has 1 aromatic carbocycles. The van der Waals surface area contributed by atoms with Gasteiger partial charge in [0.25, 0.3) is 5.91 Å². The molecule has 1 rings (SSSR count). The summed E-state index contributed by atoms with van der Waals surface area (Å²) < 4.78 is 10.1. The van der Waals surface area contributed by atoms with E-state index in [1.54, 1.807) is 33.1 Å². The predicted molar refractivity (Wildman–Crippen MR) is 77.9 cm³/mol. The van der Waals surface area contributed by atoms with E-state index in [0.717, 1.165) is 17.5 Å². The summed E-state index contributed by atoms with van der Waals surface area (Å²) in [6, 6.07) is 3.38. The van der Waals surface area contributed by atoms with Gasteiger partial charge in [-0.1, -0.05) is 0 Å². The molecule has 0 spiro atoms. The minimum atomic E-state index is -1.03. The molecule has 0 saturated carbocycles. The van der Waals surface area contributed by atoms with Crippen LogP contribution in [0.5, 0.6) is 5.75 Å². The Hall–Kier alpha value is -2.08. The molecule has 0 aliphatic heterocycles. The van der Waals surface area contributed by atoms with Crippen LogP contribution in [0.4, 0.5) is 0 Å². The molecule has 0 unspecified atom stereocenters. The Kier molecular flexibility index (Phi) is 6.68. The Balaban J connectivity index is 2.73. The van der Waals surface area contributed by atoms with Crippen molar-refractivity contribution in [3.63, 3.8) is 0 Å². The van der Waals surface area contributed by atoms with Gasteiger partial charge < -0.3 is 19.9 Å². The summed E-state index contributed by atoms with van der Waals surface area (Å²) in [5, 5.41) is 11.4. The number of aliphatic carboxylic acids is 1. The molecule has 0 bridgehead atoms. The van der Waals surface area contributed by atoms with Gasteiger partial charge in [-0.15, -0.1) is 0 Å². The van der Waals surface area contributed by atoms with Gasteiger partial charge >= 0.3 is 5.97 Å². The number of carbonyl (C=O) groups is 2. The fourth-order valence-corrected chi connectivity index (χ4v) is 1.96. The fourth-order valence-electron chi connectivity index (χ4n) is 1.96. The summed E-state index contributed by atoms with van der Waals surface area (Å²) in [6.07, 6.45) is 0.750. The standard InChI is InChI=1S/C15H21NO5/c1-10-7-12(15(19)16-5-4-6-20-3)8-11(2)14(10)21-9-13(17)18/h7-8H,4-6,9H2,1-3H3,(H,16,19)(H,17,18). The van der Waals surface area contributed by atoms with Crippen molar-refractivity contribution >= 4 is 11.9 Å². The lowest BCUT2D eigenvalue weighted by Crippen LogP contribution is -2.25. The van der Waals surface area contributed by atoms with Crippen molar-refractivity contribution in [3.8, 4) is 5.75 Å². The van der Waals surface area contributed by atoms with Crippen LogP contribution in [0.25, 0.3) is 0 Å². The summed E-state index contributed by atoms with van der Waals surface area (Å²) in [6.45, 7) is 4.31. The highest BCUT2D eigenvalue weighted by molar-refractivity contribution is 5.94. The third kappa shape index (κ3) is 5.43. The van der Waals surface area contributed by atoms with Gasteiger partial charge in [0.1, 0.15) is 5.75 Å². The van der Waals surface area contributed by atoms with Crippen LogP contribution in [-0.4, -0.2) is 43.9 Å². The molecule has 0 radical (unpaired) electrons. The molecule has 2 N–H and O–H groups in total. The molecular formula is C15H21NO5. The zero-order valence-corrected chi connectivity index (χ0v) is 12.6. The van der Waals surface area contributed by atoms with E-state index in [2.05, 4.69) is 5.32 Å². The van der Waals surface area contributed by atoms with Crippen LogP contribution >= 0.6 is 0 Å². The van der Waals surface area contributed by atoms with Crippen LogP contribution in [0.3, 0.4) is 0 Å². The van der Waals surface area contributed by atoms with Crippen molar-refractivity contribution in [2.45, 2.75) is 20.3 Å². The highest BCUT2D eigenvalue weighted by Gasteiger charge is 2.12. The second-order valence-electron chi connectivity index (χ2n) is 4.72. The van der Waals surface area contributed by atoms with Gasteiger partial charge in [-0.25, -0.2) is 4.79 Å². The Labute approximate surface area is 124 Å². The van der Waals surface area contributed by atoms with E-state index >= 15 is 0 Å². The maximum atomic E-state index is 12.0. The highest BCUT2D eigenvalue weighted by Crippen LogP contribution is 2.24. The molecule has 0 heterocycles. The van der Waals surface area contributed by atoms with Gasteiger partial charge in [0.05, 0.1) is 0 Å². The molecule has 21 heavy (non-hydrogen) atoms. The smallest absolute Gasteiger partial charge is 0.341 e. The SMILES string of the molecule is COCCCNC(=O)c1cc(C)c(OCC(=O)O)c(C)c1. The van der Waals surface area contributed by atoms with Crippen molar-refractivity contribution in [2.75, 3.05) is 26.9 Å². The third-order valence-corrected chi connectivity index (χ3v) is 2.87. The second-order valence-corrected chi connectivity index (χ2v) is 4.72. The van der Waals surface area contributed by atoms with Crippen molar-refractivity contribution < 1.29 is 24.2 Å². The first-order chi connectivity index (χ1) is 9.95. The first kappa shape index (κ1) is 17.0. The molecule has 6 nitrogen and oxygen atoms in total. The van der Waals surface area contributed by atoms with Gasteiger partial charge in [0, 0.05) is 25.8 Å². The second kappa shape index (κ2) is 8.26. The van der Waals surface area contributed by atoms with Crippen molar-refractivity contribution in [1.29, 1.82) is 0 Å². The lowest BCUT2D eigenvalue weighted by Gasteiger charge is -2.13. The molecule has 0 aliphatic carbocycles. The number of hydrogen-bond acceptors (Lipinski definition) is 4. The fraction of sp³-hybridized carbons (Fsp3) is 0.467. The van der Waals surface area contributed by atoms with Crippen LogP contribution in [0.15, 0.2) is 12.1 Å². The van der Waals surface area contributed by atoms with E-state index < -0.39 is 12.6 Å². The van der Waals surface area contributed by atoms with E-state index in [4.69, 9.17) is 14.6 Å². The molecule has 0 aliphatic rings. The molecule has 0 fully saturated rings. The zero-order chi connectivity index (χ0) is 15.8. The Morgan fingerprint density at radius 3 is 2.38 bits per heavy atom. The van der Waals surface area contributed by atoms with E-state index in [1.165, 1.54) is 0 Å². The zero-order valence-electron chi connectivity index (χ0n) is 12.6. The van der Waals surface area contributed by atoms with E-state index in [9.17, 15) is 9.59 Å². The first-order valence-corrected chi connectivity index (χ1v) is 6.68. The molecule has 1 aromatic rings. The van der Waals surface area contributed by atoms with Crippen molar-refractivity contribution in [3.05, 3.63) is 28.8 Å². The molecule has 0 aromatic heterocycles. The van der Waals surface area contributed by atoms with Gasteiger partial charge in [0.2, 0.25) is 0 Å². The summed E-state index contributed by atoms with van der Waals surface area (Å²) in [5.74, 6) is -0.691. The lowest BCUT2D eigenvalue weighted by atomic mass is 10.1. The maximum Gasteiger partial charge on any atom is 0.341 e. The number of rotatable bonds is 8. The van der Waals surface area contributed by atoms with Crippen LogP contribution in [-0.2, 0) is 9.53 Å². The van der Waals surface area contributed by atoms with Crippen molar-refractivity contribution in [2.24, 2.45) is 0 Å². The summed E-state index contributed by atoms with van der Waals surface area (Å²) in [5.41, 5.74) is 2.00. The molecule has 1 amide bonds. The Bertz CT molecular complexity index is 490. The number of ether oxygens (including phenoxy) is 2. The lowest BCUT2D eigenvalue weighted by molar-refractivity contribution is -0.139. The van der Waals surface area contributed by atoms with E-state index in [-0.39, 0.29) is 5.91 Å². The number of aryl methyl sites for hydroxylation is 2. The molecule has 0 saturated heterocycles. The topological polar surface area (TPSA) is 84.9 Å².